The Labute approximate surface area is 141 Å². The van der Waals surface area contributed by atoms with Crippen LogP contribution in [0, 0.1) is 6.92 Å². The average molecular weight is 384 g/mol. The summed E-state index contributed by atoms with van der Waals surface area (Å²) in [7, 11) is 0.967. The fourth-order valence-electron chi connectivity index (χ4n) is 2.13. The van der Waals surface area contributed by atoms with Gasteiger partial charge in [0.25, 0.3) is 0 Å². The second-order valence-corrected chi connectivity index (χ2v) is 5.77. The van der Waals surface area contributed by atoms with E-state index in [1.807, 2.05) is 0 Å². The SMILES string of the molecule is COC(=O)c1cc(C(F)(F)F)c(-c2nc(C(F)(F)F)cs2)c(C)c1N. The number of halogens is 6. The number of hydrogen-bond acceptors (Lipinski definition) is 5. The molecule has 0 radical (unpaired) electrons. The van der Waals surface area contributed by atoms with E-state index in [2.05, 4.69) is 9.72 Å². The molecule has 0 saturated heterocycles. The van der Waals surface area contributed by atoms with Crippen molar-refractivity contribution in [2.24, 2.45) is 0 Å². The first-order valence-electron chi connectivity index (χ1n) is 6.49. The van der Waals surface area contributed by atoms with Gasteiger partial charge in [-0.05, 0) is 18.6 Å². The zero-order valence-corrected chi connectivity index (χ0v) is 13.5. The van der Waals surface area contributed by atoms with Crippen LogP contribution in [0.3, 0.4) is 0 Å². The molecule has 0 spiro atoms. The number of ether oxygens (including phenoxy) is 1. The zero-order valence-electron chi connectivity index (χ0n) is 12.7. The molecule has 25 heavy (non-hydrogen) atoms. The molecule has 1 heterocycles. The van der Waals surface area contributed by atoms with Gasteiger partial charge >= 0.3 is 18.3 Å². The Balaban J connectivity index is 2.79. The third-order valence-corrected chi connectivity index (χ3v) is 4.21. The van der Waals surface area contributed by atoms with E-state index in [1.54, 1.807) is 0 Å². The van der Waals surface area contributed by atoms with Gasteiger partial charge in [-0.2, -0.15) is 26.3 Å². The van der Waals surface area contributed by atoms with Crippen molar-refractivity contribution in [1.29, 1.82) is 0 Å². The van der Waals surface area contributed by atoms with Crippen LogP contribution in [-0.4, -0.2) is 18.1 Å². The third kappa shape index (κ3) is 3.55. The summed E-state index contributed by atoms with van der Waals surface area (Å²) >= 11 is 0.400. The molecule has 0 bridgehead atoms. The number of hydrogen-bond donors (Lipinski definition) is 1. The smallest absolute Gasteiger partial charge is 0.434 e. The minimum Gasteiger partial charge on any atom is -0.465 e. The van der Waals surface area contributed by atoms with Gasteiger partial charge in [0, 0.05) is 16.6 Å². The molecule has 0 unspecified atom stereocenters. The zero-order chi connectivity index (χ0) is 19.2. The first-order chi connectivity index (χ1) is 11.4. The van der Waals surface area contributed by atoms with Crippen LogP contribution < -0.4 is 5.73 Å². The van der Waals surface area contributed by atoms with Gasteiger partial charge in [0.15, 0.2) is 5.69 Å². The molecule has 2 N–H and O–H groups in total. The number of nitrogens with two attached hydrogens (primary N) is 1. The van der Waals surface area contributed by atoms with E-state index in [0.717, 1.165) is 7.11 Å². The van der Waals surface area contributed by atoms with Crippen molar-refractivity contribution < 1.29 is 35.9 Å². The summed E-state index contributed by atoms with van der Waals surface area (Å²) < 4.78 is 82.6. The molecular weight excluding hydrogens is 374 g/mol. The summed E-state index contributed by atoms with van der Waals surface area (Å²) in [5.74, 6) is -1.09. The Morgan fingerprint density at radius 2 is 1.80 bits per heavy atom. The van der Waals surface area contributed by atoms with Crippen LogP contribution in [0.25, 0.3) is 10.6 Å². The number of esters is 1. The lowest BCUT2D eigenvalue weighted by Crippen LogP contribution is -2.15. The van der Waals surface area contributed by atoms with Gasteiger partial charge in [-0.3, -0.25) is 0 Å². The highest BCUT2D eigenvalue weighted by Crippen LogP contribution is 2.44. The van der Waals surface area contributed by atoms with E-state index in [-0.39, 0.29) is 11.3 Å². The monoisotopic (exact) mass is 384 g/mol. The van der Waals surface area contributed by atoms with Gasteiger partial charge in [0.2, 0.25) is 0 Å². The van der Waals surface area contributed by atoms with Crippen molar-refractivity contribution in [3.8, 4) is 10.6 Å². The molecule has 0 amide bonds. The maximum absolute atomic E-state index is 13.4. The molecular formula is C14H10F6N2O2S. The predicted molar refractivity (Wildman–Crippen MR) is 78.0 cm³/mol. The number of anilines is 1. The highest BCUT2D eigenvalue weighted by molar-refractivity contribution is 7.13. The van der Waals surface area contributed by atoms with E-state index in [1.165, 1.54) is 6.92 Å². The van der Waals surface area contributed by atoms with Crippen molar-refractivity contribution in [3.05, 3.63) is 33.8 Å². The quantitative estimate of drug-likeness (QED) is 0.470. The number of carbonyl (C=O) groups excluding carboxylic acids is 1. The van der Waals surface area contributed by atoms with Crippen molar-refractivity contribution in [2.45, 2.75) is 19.3 Å². The molecule has 0 aliphatic carbocycles. The normalized spacial score (nSPS) is 12.3. The van der Waals surface area contributed by atoms with E-state index < -0.39 is 45.7 Å². The molecule has 2 aromatic rings. The van der Waals surface area contributed by atoms with Gasteiger partial charge in [-0.25, -0.2) is 9.78 Å². The topological polar surface area (TPSA) is 65.2 Å². The van der Waals surface area contributed by atoms with Gasteiger partial charge < -0.3 is 10.5 Å². The third-order valence-electron chi connectivity index (χ3n) is 3.35. The molecule has 0 fully saturated rings. The van der Waals surface area contributed by atoms with Crippen molar-refractivity contribution in [1.82, 2.24) is 4.98 Å². The summed E-state index contributed by atoms with van der Waals surface area (Å²) in [5.41, 5.74) is 1.41. The summed E-state index contributed by atoms with van der Waals surface area (Å²) in [6, 6.07) is 0.457. The lowest BCUT2D eigenvalue weighted by atomic mass is 9.96. The lowest BCUT2D eigenvalue weighted by Gasteiger charge is -2.18. The van der Waals surface area contributed by atoms with E-state index in [0.29, 0.717) is 22.8 Å². The second kappa shape index (κ2) is 6.21. The number of thiazole rings is 1. The average Bonchev–Trinajstić information content (AvgIpc) is 2.97. The maximum atomic E-state index is 13.4. The van der Waals surface area contributed by atoms with E-state index >= 15 is 0 Å². The Morgan fingerprint density at radius 3 is 2.24 bits per heavy atom. The number of rotatable bonds is 2. The molecule has 1 aromatic heterocycles. The van der Waals surface area contributed by atoms with Crippen LogP contribution in [0.2, 0.25) is 0 Å². The Hall–Kier alpha value is -2.30. The van der Waals surface area contributed by atoms with Gasteiger partial charge in [-0.1, -0.05) is 0 Å². The van der Waals surface area contributed by atoms with E-state index in [4.69, 9.17) is 5.73 Å². The van der Waals surface area contributed by atoms with Gasteiger partial charge in [0.1, 0.15) is 5.01 Å². The van der Waals surface area contributed by atoms with Crippen LogP contribution in [0.4, 0.5) is 32.0 Å². The summed E-state index contributed by atoms with van der Waals surface area (Å²) in [4.78, 5) is 14.9. The van der Waals surface area contributed by atoms with Crippen molar-refractivity contribution >= 4 is 23.0 Å². The molecule has 11 heteroatoms. The predicted octanol–water partition coefficient (Wildman–Crippen LogP) is 4.52. The molecule has 0 saturated carbocycles. The highest BCUT2D eigenvalue weighted by Gasteiger charge is 2.39. The summed E-state index contributed by atoms with van der Waals surface area (Å²) in [5, 5.41) is 0.111. The lowest BCUT2D eigenvalue weighted by molar-refractivity contribution is -0.140. The molecule has 0 aliphatic rings. The van der Waals surface area contributed by atoms with Crippen LogP contribution in [0.5, 0.6) is 0 Å². The Kier molecular flexibility index (Phi) is 4.73. The number of aromatic nitrogens is 1. The minimum atomic E-state index is -4.94. The fourth-order valence-corrected chi connectivity index (χ4v) is 3.07. The molecule has 1 aromatic carbocycles. The van der Waals surface area contributed by atoms with Gasteiger partial charge in [0.05, 0.1) is 18.2 Å². The van der Waals surface area contributed by atoms with Crippen LogP contribution >= 0.6 is 11.3 Å². The Bertz CT molecular complexity index is 826. The van der Waals surface area contributed by atoms with Crippen molar-refractivity contribution in [2.75, 3.05) is 12.8 Å². The molecule has 2 rings (SSSR count). The first kappa shape index (κ1) is 19.0. The largest absolute Gasteiger partial charge is 0.465 e. The molecule has 0 atom stereocenters. The molecule has 4 nitrogen and oxygen atoms in total. The summed E-state index contributed by atoms with van der Waals surface area (Å²) in [6.07, 6.45) is -9.74. The highest BCUT2D eigenvalue weighted by atomic mass is 32.1. The fraction of sp³-hybridized carbons (Fsp3) is 0.286. The minimum absolute atomic E-state index is 0.210. The number of nitrogens with zero attached hydrogens (tertiary/aromatic N) is 1. The second-order valence-electron chi connectivity index (χ2n) is 4.91. The summed E-state index contributed by atoms with van der Waals surface area (Å²) in [6.45, 7) is 1.17. The number of carbonyl (C=O) groups is 1. The number of nitrogen functional groups attached to an aromatic ring is 1. The molecule has 136 valence electrons. The van der Waals surface area contributed by atoms with Gasteiger partial charge in [-0.15, -0.1) is 11.3 Å². The molecule has 0 aliphatic heterocycles. The Morgan fingerprint density at radius 1 is 1.20 bits per heavy atom. The van der Waals surface area contributed by atoms with Crippen molar-refractivity contribution in [3.63, 3.8) is 0 Å². The van der Waals surface area contributed by atoms with Crippen LogP contribution in [0.1, 0.15) is 27.2 Å². The standard InChI is InChI=1S/C14H10F6N2O2S/c1-5-9(11-22-8(4-25-11)14(18,19)20)7(13(15,16)17)3-6(10(5)21)12(23)24-2/h3-4H,21H2,1-2H3. The number of benzene rings is 1. The number of methoxy groups -OCH3 is 1. The number of alkyl halides is 6. The van der Waals surface area contributed by atoms with Crippen LogP contribution in [-0.2, 0) is 17.1 Å². The maximum Gasteiger partial charge on any atom is 0.434 e. The van der Waals surface area contributed by atoms with E-state index in [9.17, 15) is 31.1 Å². The van der Waals surface area contributed by atoms with Crippen LogP contribution in [0.15, 0.2) is 11.4 Å². The first-order valence-corrected chi connectivity index (χ1v) is 7.37.